The quantitative estimate of drug-likeness (QED) is 0.0261. The van der Waals surface area contributed by atoms with E-state index in [1.54, 1.807) is 0 Å². The minimum atomic E-state index is -0.774. The summed E-state index contributed by atoms with van der Waals surface area (Å²) in [6.07, 6.45) is 85.8. The molecule has 0 aliphatic heterocycles. The van der Waals surface area contributed by atoms with Crippen molar-refractivity contribution in [3.05, 3.63) is 48.6 Å². The molecule has 0 aliphatic carbocycles. The molecule has 0 aromatic carbocycles. The monoisotopic (exact) mass is 1110 g/mol. The average Bonchev–Trinajstić information content (AvgIpc) is 3.45. The fourth-order valence-corrected chi connectivity index (χ4v) is 10.5. The van der Waals surface area contributed by atoms with Gasteiger partial charge in [0.2, 0.25) is 0 Å². The van der Waals surface area contributed by atoms with Crippen molar-refractivity contribution in [3.63, 3.8) is 0 Å². The van der Waals surface area contributed by atoms with E-state index in [9.17, 15) is 14.4 Å². The molecule has 1 atom stereocenters. The zero-order chi connectivity index (χ0) is 57.1. The van der Waals surface area contributed by atoms with Gasteiger partial charge < -0.3 is 14.2 Å². The van der Waals surface area contributed by atoms with Crippen LogP contribution in [0, 0.1) is 0 Å². The Kier molecular flexibility index (Phi) is 65.6. The molecule has 0 spiro atoms. The second-order valence-electron chi connectivity index (χ2n) is 23.8. The van der Waals surface area contributed by atoms with Crippen LogP contribution in [0.4, 0.5) is 0 Å². The van der Waals surface area contributed by atoms with Gasteiger partial charge in [-0.25, -0.2) is 0 Å². The number of esters is 3. The van der Waals surface area contributed by atoms with Crippen molar-refractivity contribution >= 4 is 17.9 Å². The first-order valence-corrected chi connectivity index (χ1v) is 35.1. The average molecular weight is 1110 g/mol. The van der Waals surface area contributed by atoms with Crippen molar-refractivity contribution in [3.8, 4) is 0 Å². The van der Waals surface area contributed by atoms with Crippen LogP contribution in [-0.2, 0) is 28.6 Å². The minimum Gasteiger partial charge on any atom is -0.462 e. The Morgan fingerprint density at radius 1 is 0.253 bits per heavy atom. The number of ether oxygens (including phenoxy) is 3. The SMILES string of the molecule is CCCCC/C=C\C/C=C\CCCCCCCCCC(=O)OC(COC(=O)CCCCCCCCCCCCC)COC(=O)CCCCCCCCCCCCCCCCCCCCCCC/C=C\C/C=C\CCCCCCC. The Morgan fingerprint density at radius 2 is 0.456 bits per heavy atom. The fourth-order valence-electron chi connectivity index (χ4n) is 10.5. The molecular weight excluding hydrogens is 973 g/mol. The molecule has 0 aromatic rings. The normalized spacial score (nSPS) is 12.3. The lowest BCUT2D eigenvalue weighted by molar-refractivity contribution is -0.167. The zero-order valence-corrected chi connectivity index (χ0v) is 53.2. The molecule has 0 fully saturated rings. The molecule has 0 rings (SSSR count). The first kappa shape index (κ1) is 76.4. The lowest BCUT2D eigenvalue weighted by Crippen LogP contribution is -2.30. The summed E-state index contributed by atoms with van der Waals surface area (Å²) < 4.78 is 16.9. The number of rotatable bonds is 65. The summed E-state index contributed by atoms with van der Waals surface area (Å²) in [6.45, 7) is 6.65. The van der Waals surface area contributed by atoms with Crippen molar-refractivity contribution in [2.24, 2.45) is 0 Å². The largest absolute Gasteiger partial charge is 0.462 e. The van der Waals surface area contributed by atoms with Gasteiger partial charge in [-0.15, -0.1) is 0 Å². The minimum absolute atomic E-state index is 0.0710. The maximum atomic E-state index is 12.9. The van der Waals surface area contributed by atoms with Crippen molar-refractivity contribution in [2.45, 2.75) is 386 Å². The van der Waals surface area contributed by atoms with E-state index < -0.39 is 6.10 Å². The van der Waals surface area contributed by atoms with Gasteiger partial charge >= 0.3 is 17.9 Å². The third-order valence-electron chi connectivity index (χ3n) is 15.8. The smallest absolute Gasteiger partial charge is 0.306 e. The Labute approximate surface area is 492 Å². The zero-order valence-electron chi connectivity index (χ0n) is 53.2. The highest BCUT2D eigenvalue weighted by atomic mass is 16.6. The van der Waals surface area contributed by atoms with Gasteiger partial charge in [-0.1, -0.05) is 326 Å². The Morgan fingerprint density at radius 3 is 0.722 bits per heavy atom. The third kappa shape index (κ3) is 66.1. The number of allylic oxidation sites excluding steroid dienone is 8. The van der Waals surface area contributed by atoms with Crippen molar-refractivity contribution < 1.29 is 28.6 Å². The van der Waals surface area contributed by atoms with E-state index in [1.165, 1.54) is 263 Å². The topological polar surface area (TPSA) is 78.9 Å². The maximum absolute atomic E-state index is 12.9. The predicted octanol–water partition coefficient (Wildman–Crippen LogP) is 24.1. The summed E-state index contributed by atoms with van der Waals surface area (Å²) in [5, 5.41) is 0. The molecular formula is C73H134O6. The first-order valence-electron chi connectivity index (χ1n) is 35.1. The van der Waals surface area contributed by atoms with Crippen LogP contribution in [0.25, 0.3) is 0 Å². The van der Waals surface area contributed by atoms with Crippen LogP contribution in [-0.4, -0.2) is 37.2 Å². The number of carbonyl (C=O) groups excluding carboxylic acids is 3. The summed E-state index contributed by atoms with van der Waals surface area (Å²) in [6, 6.07) is 0. The Balaban J connectivity index is 4.08. The molecule has 462 valence electrons. The first-order chi connectivity index (χ1) is 39.0. The van der Waals surface area contributed by atoms with Crippen LogP contribution in [0.1, 0.15) is 380 Å². The van der Waals surface area contributed by atoms with Gasteiger partial charge in [0, 0.05) is 19.3 Å². The molecule has 0 bridgehead atoms. The molecule has 0 N–H and O–H groups in total. The van der Waals surface area contributed by atoms with E-state index in [1.807, 2.05) is 0 Å². The summed E-state index contributed by atoms with van der Waals surface area (Å²) >= 11 is 0. The second-order valence-corrected chi connectivity index (χ2v) is 23.8. The molecule has 6 nitrogen and oxygen atoms in total. The van der Waals surface area contributed by atoms with Gasteiger partial charge in [-0.2, -0.15) is 0 Å². The van der Waals surface area contributed by atoms with Gasteiger partial charge in [0.25, 0.3) is 0 Å². The second kappa shape index (κ2) is 67.9. The lowest BCUT2D eigenvalue weighted by Gasteiger charge is -2.18. The van der Waals surface area contributed by atoms with E-state index in [0.29, 0.717) is 19.3 Å². The standard InChI is InChI=1S/C73H134O6/c1-4-7-10-13-16-19-22-24-26-28-29-30-31-32-33-34-35-36-37-38-39-40-41-42-43-45-46-48-51-54-57-60-63-66-72(75)78-69-70(68-77-71(74)65-62-59-56-53-50-21-18-15-12-9-6-3)79-73(76)67-64-61-58-55-52-49-47-44-27-25-23-20-17-14-11-8-5-2/h17,20,22,24-25,27-29,70H,4-16,18-19,21,23,26,30-69H2,1-3H3/b20-17-,24-22-,27-25-,29-28-. The van der Waals surface area contributed by atoms with Gasteiger partial charge in [0.15, 0.2) is 6.10 Å². The Bertz CT molecular complexity index is 1360. The summed E-state index contributed by atoms with van der Waals surface area (Å²) in [5.41, 5.74) is 0. The van der Waals surface area contributed by atoms with Crippen LogP contribution in [0.2, 0.25) is 0 Å². The highest BCUT2D eigenvalue weighted by molar-refractivity contribution is 5.71. The van der Waals surface area contributed by atoms with Crippen LogP contribution in [0.3, 0.4) is 0 Å². The maximum Gasteiger partial charge on any atom is 0.306 e. The van der Waals surface area contributed by atoms with Gasteiger partial charge in [0.1, 0.15) is 13.2 Å². The summed E-state index contributed by atoms with van der Waals surface area (Å²) in [4.78, 5) is 38.3. The van der Waals surface area contributed by atoms with E-state index >= 15 is 0 Å². The molecule has 6 heteroatoms. The number of unbranched alkanes of at least 4 members (excludes halogenated alkanes) is 46. The van der Waals surface area contributed by atoms with Crippen LogP contribution < -0.4 is 0 Å². The van der Waals surface area contributed by atoms with Gasteiger partial charge in [-0.05, 0) is 83.5 Å². The Hall–Kier alpha value is -2.63. The molecule has 0 amide bonds. The summed E-state index contributed by atoms with van der Waals surface area (Å²) in [7, 11) is 0. The van der Waals surface area contributed by atoms with E-state index in [-0.39, 0.29) is 31.1 Å². The van der Waals surface area contributed by atoms with Crippen molar-refractivity contribution in [1.82, 2.24) is 0 Å². The van der Waals surface area contributed by atoms with E-state index in [2.05, 4.69) is 69.4 Å². The van der Waals surface area contributed by atoms with E-state index in [4.69, 9.17) is 14.2 Å². The van der Waals surface area contributed by atoms with Crippen LogP contribution in [0.15, 0.2) is 48.6 Å². The lowest BCUT2D eigenvalue weighted by atomic mass is 10.0. The third-order valence-corrected chi connectivity index (χ3v) is 15.8. The van der Waals surface area contributed by atoms with Gasteiger partial charge in [0.05, 0.1) is 0 Å². The molecule has 0 saturated carbocycles. The number of carbonyl (C=O) groups is 3. The number of hydrogen-bond acceptors (Lipinski definition) is 6. The molecule has 0 radical (unpaired) electrons. The molecule has 0 aromatic heterocycles. The van der Waals surface area contributed by atoms with Crippen molar-refractivity contribution in [2.75, 3.05) is 13.2 Å². The molecule has 0 aliphatic rings. The predicted molar refractivity (Wildman–Crippen MR) is 344 cm³/mol. The fraction of sp³-hybridized carbons (Fsp3) is 0.849. The van der Waals surface area contributed by atoms with E-state index in [0.717, 1.165) is 77.0 Å². The molecule has 79 heavy (non-hydrogen) atoms. The van der Waals surface area contributed by atoms with Gasteiger partial charge in [-0.3, -0.25) is 14.4 Å². The van der Waals surface area contributed by atoms with Crippen LogP contribution in [0.5, 0.6) is 0 Å². The molecule has 0 saturated heterocycles. The van der Waals surface area contributed by atoms with Crippen LogP contribution >= 0.6 is 0 Å². The molecule has 1 unspecified atom stereocenters. The number of hydrogen-bond donors (Lipinski definition) is 0. The highest BCUT2D eigenvalue weighted by Crippen LogP contribution is 2.18. The van der Waals surface area contributed by atoms with Crippen molar-refractivity contribution in [1.29, 1.82) is 0 Å². The highest BCUT2D eigenvalue weighted by Gasteiger charge is 2.19. The summed E-state index contributed by atoms with van der Waals surface area (Å²) in [5.74, 6) is -0.856. The molecule has 0 heterocycles.